The van der Waals surface area contributed by atoms with Gasteiger partial charge in [-0.25, -0.2) is 4.79 Å². The lowest BCUT2D eigenvalue weighted by Crippen LogP contribution is -2.40. The number of amides is 1. The Morgan fingerprint density at radius 3 is 2.71 bits per heavy atom. The standard InChI is InChI=1S/C22H25BrN2O3/c1-2-28-22(27)17-8-10-20(11-9-17)24-21(26)18-6-4-12-25(15-18)14-16-5-3-7-19(23)13-16/h3,5,7-11,13,18H,2,4,6,12,14-15H2,1H3,(H,24,26). The number of anilines is 1. The molecular weight excluding hydrogens is 420 g/mol. The van der Waals surface area contributed by atoms with Crippen LogP contribution in [0, 0.1) is 5.92 Å². The van der Waals surface area contributed by atoms with Crippen LogP contribution in [-0.2, 0) is 16.1 Å². The molecule has 1 saturated heterocycles. The third-order valence-electron chi connectivity index (χ3n) is 4.84. The van der Waals surface area contributed by atoms with Crippen molar-refractivity contribution < 1.29 is 14.3 Å². The van der Waals surface area contributed by atoms with E-state index in [0.29, 0.717) is 17.9 Å². The lowest BCUT2D eigenvalue weighted by molar-refractivity contribution is -0.121. The van der Waals surface area contributed by atoms with Crippen LogP contribution < -0.4 is 5.32 Å². The van der Waals surface area contributed by atoms with E-state index in [1.807, 2.05) is 12.1 Å². The second kappa shape index (κ2) is 9.85. The van der Waals surface area contributed by atoms with Crippen molar-refractivity contribution in [2.24, 2.45) is 5.92 Å². The number of rotatable bonds is 6. The van der Waals surface area contributed by atoms with Crippen LogP contribution in [0.4, 0.5) is 5.69 Å². The van der Waals surface area contributed by atoms with Crippen LogP contribution >= 0.6 is 15.9 Å². The molecular formula is C22H25BrN2O3. The first-order valence-electron chi connectivity index (χ1n) is 9.60. The summed E-state index contributed by atoms with van der Waals surface area (Å²) in [6.45, 7) is 4.72. The van der Waals surface area contributed by atoms with Gasteiger partial charge in [-0.1, -0.05) is 28.1 Å². The van der Waals surface area contributed by atoms with Gasteiger partial charge in [0.15, 0.2) is 0 Å². The van der Waals surface area contributed by atoms with Crippen LogP contribution in [0.25, 0.3) is 0 Å². The molecule has 0 aromatic heterocycles. The summed E-state index contributed by atoms with van der Waals surface area (Å²) in [6, 6.07) is 15.1. The van der Waals surface area contributed by atoms with E-state index in [-0.39, 0.29) is 17.8 Å². The summed E-state index contributed by atoms with van der Waals surface area (Å²) in [5.41, 5.74) is 2.42. The molecule has 1 heterocycles. The number of hydrogen-bond donors (Lipinski definition) is 1. The average molecular weight is 445 g/mol. The predicted molar refractivity (Wildman–Crippen MR) is 113 cm³/mol. The Labute approximate surface area is 174 Å². The van der Waals surface area contributed by atoms with E-state index in [9.17, 15) is 9.59 Å². The average Bonchev–Trinajstić information content (AvgIpc) is 2.69. The van der Waals surface area contributed by atoms with Crippen molar-refractivity contribution in [3.63, 3.8) is 0 Å². The number of esters is 1. The molecule has 1 fully saturated rings. The highest BCUT2D eigenvalue weighted by molar-refractivity contribution is 9.10. The van der Waals surface area contributed by atoms with E-state index in [2.05, 4.69) is 38.3 Å². The van der Waals surface area contributed by atoms with Crippen molar-refractivity contribution in [3.05, 3.63) is 64.1 Å². The summed E-state index contributed by atoms with van der Waals surface area (Å²) in [7, 11) is 0. The topological polar surface area (TPSA) is 58.6 Å². The number of nitrogens with zero attached hydrogens (tertiary/aromatic N) is 1. The second-order valence-electron chi connectivity index (χ2n) is 6.99. The van der Waals surface area contributed by atoms with Gasteiger partial charge < -0.3 is 10.1 Å². The largest absolute Gasteiger partial charge is 0.462 e. The van der Waals surface area contributed by atoms with Gasteiger partial charge >= 0.3 is 5.97 Å². The Hall–Kier alpha value is -2.18. The van der Waals surface area contributed by atoms with Crippen molar-refractivity contribution in [3.8, 4) is 0 Å². The van der Waals surface area contributed by atoms with Gasteiger partial charge in [0, 0.05) is 23.2 Å². The van der Waals surface area contributed by atoms with E-state index < -0.39 is 0 Å². The van der Waals surface area contributed by atoms with E-state index in [1.165, 1.54) is 5.56 Å². The van der Waals surface area contributed by atoms with E-state index >= 15 is 0 Å². The monoisotopic (exact) mass is 444 g/mol. The van der Waals surface area contributed by atoms with Crippen molar-refractivity contribution in [1.29, 1.82) is 0 Å². The van der Waals surface area contributed by atoms with E-state index in [4.69, 9.17) is 4.74 Å². The number of benzene rings is 2. The molecule has 0 spiro atoms. The van der Waals surface area contributed by atoms with Gasteiger partial charge in [0.2, 0.25) is 5.91 Å². The zero-order chi connectivity index (χ0) is 19.9. The summed E-state index contributed by atoms with van der Waals surface area (Å²) in [6.07, 6.45) is 1.90. The van der Waals surface area contributed by atoms with Crippen LogP contribution in [0.15, 0.2) is 53.0 Å². The van der Waals surface area contributed by atoms with Gasteiger partial charge in [-0.05, 0) is 68.3 Å². The molecule has 1 atom stereocenters. The van der Waals surface area contributed by atoms with Gasteiger partial charge in [-0.15, -0.1) is 0 Å². The maximum absolute atomic E-state index is 12.7. The minimum absolute atomic E-state index is 0.0304. The van der Waals surface area contributed by atoms with Gasteiger partial charge in [0.1, 0.15) is 0 Å². The zero-order valence-corrected chi connectivity index (χ0v) is 17.6. The van der Waals surface area contributed by atoms with Crippen LogP contribution in [-0.4, -0.2) is 36.5 Å². The Morgan fingerprint density at radius 1 is 1.21 bits per heavy atom. The Morgan fingerprint density at radius 2 is 2.00 bits per heavy atom. The van der Waals surface area contributed by atoms with Crippen LogP contribution in [0.2, 0.25) is 0 Å². The van der Waals surface area contributed by atoms with Crippen LogP contribution in [0.5, 0.6) is 0 Å². The normalized spacial score (nSPS) is 17.1. The second-order valence-corrected chi connectivity index (χ2v) is 7.91. The van der Waals surface area contributed by atoms with Crippen molar-refractivity contribution in [2.75, 3.05) is 25.0 Å². The van der Waals surface area contributed by atoms with E-state index in [0.717, 1.165) is 36.9 Å². The molecule has 28 heavy (non-hydrogen) atoms. The third kappa shape index (κ3) is 5.66. The van der Waals surface area contributed by atoms with Gasteiger partial charge in [-0.2, -0.15) is 0 Å². The molecule has 1 aliphatic heterocycles. The number of nitrogens with one attached hydrogen (secondary N) is 1. The molecule has 0 aliphatic carbocycles. The first kappa shape index (κ1) is 20.6. The Balaban J connectivity index is 1.55. The molecule has 2 aromatic rings. The minimum Gasteiger partial charge on any atom is -0.462 e. The highest BCUT2D eigenvalue weighted by atomic mass is 79.9. The maximum atomic E-state index is 12.7. The number of carbonyl (C=O) groups is 2. The molecule has 1 unspecified atom stereocenters. The summed E-state index contributed by atoms with van der Waals surface area (Å²) in [5.74, 6) is -0.357. The molecule has 2 aromatic carbocycles. The number of halogens is 1. The molecule has 1 N–H and O–H groups in total. The highest BCUT2D eigenvalue weighted by Crippen LogP contribution is 2.22. The molecule has 6 heteroatoms. The van der Waals surface area contributed by atoms with Crippen LogP contribution in [0.3, 0.4) is 0 Å². The number of ether oxygens (including phenoxy) is 1. The third-order valence-corrected chi connectivity index (χ3v) is 5.33. The van der Waals surface area contributed by atoms with Gasteiger partial charge in [-0.3, -0.25) is 9.69 Å². The quantitative estimate of drug-likeness (QED) is 0.667. The van der Waals surface area contributed by atoms with Gasteiger partial charge in [0.25, 0.3) is 0 Å². The fourth-order valence-electron chi connectivity index (χ4n) is 3.46. The lowest BCUT2D eigenvalue weighted by atomic mass is 9.96. The Bertz CT molecular complexity index is 823. The fourth-order valence-corrected chi connectivity index (χ4v) is 3.90. The first-order valence-corrected chi connectivity index (χ1v) is 10.4. The summed E-state index contributed by atoms with van der Waals surface area (Å²) < 4.78 is 6.05. The number of carbonyl (C=O) groups excluding carboxylic acids is 2. The summed E-state index contributed by atoms with van der Waals surface area (Å²) in [5, 5.41) is 2.98. The SMILES string of the molecule is CCOC(=O)c1ccc(NC(=O)C2CCCN(Cc3cccc(Br)c3)C2)cc1. The molecule has 5 nitrogen and oxygen atoms in total. The molecule has 1 aliphatic rings. The van der Waals surface area contributed by atoms with E-state index in [1.54, 1.807) is 31.2 Å². The van der Waals surface area contributed by atoms with Crippen molar-refractivity contribution in [2.45, 2.75) is 26.3 Å². The van der Waals surface area contributed by atoms with Crippen molar-refractivity contribution in [1.82, 2.24) is 4.90 Å². The molecule has 0 saturated carbocycles. The predicted octanol–water partition coefficient (Wildman–Crippen LogP) is 4.48. The fraction of sp³-hybridized carbons (Fsp3) is 0.364. The smallest absolute Gasteiger partial charge is 0.338 e. The highest BCUT2D eigenvalue weighted by Gasteiger charge is 2.26. The molecule has 1 amide bonds. The minimum atomic E-state index is -0.351. The molecule has 3 rings (SSSR count). The zero-order valence-electron chi connectivity index (χ0n) is 16.0. The molecule has 0 radical (unpaired) electrons. The number of likely N-dealkylation sites (tertiary alicyclic amines) is 1. The van der Waals surface area contributed by atoms with Crippen LogP contribution in [0.1, 0.15) is 35.7 Å². The lowest BCUT2D eigenvalue weighted by Gasteiger charge is -2.32. The summed E-state index contributed by atoms with van der Waals surface area (Å²) in [4.78, 5) is 26.8. The molecule has 148 valence electrons. The summed E-state index contributed by atoms with van der Waals surface area (Å²) >= 11 is 3.51. The maximum Gasteiger partial charge on any atom is 0.338 e. The molecule has 0 bridgehead atoms. The Kier molecular flexibility index (Phi) is 7.23. The number of hydrogen-bond acceptors (Lipinski definition) is 4. The first-order chi connectivity index (χ1) is 13.5. The van der Waals surface area contributed by atoms with Gasteiger partial charge in [0.05, 0.1) is 18.1 Å². The number of piperidine rings is 1. The van der Waals surface area contributed by atoms with Crippen molar-refractivity contribution >= 4 is 33.5 Å².